The first kappa shape index (κ1) is 17.9. The van der Waals surface area contributed by atoms with E-state index in [0.717, 1.165) is 22.8 Å². The van der Waals surface area contributed by atoms with E-state index >= 15 is 0 Å². The zero-order chi connectivity index (χ0) is 19.1. The summed E-state index contributed by atoms with van der Waals surface area (Å²) in [6.07, 6.45) is 3.47. The van der Waals surface area contributed by atoms with E-state index in [1.165, 1.54) is 12.1 Å². The highest BCUT2D eigenvalue weighted by Crippen LogP contribution is 2.18. The van der Waals surface area contributed by atoms with Crippen molar-refractivity contribution in [2.45, 2.75) is 6.54 Å². The summed E-state index contributed by atoms with van der Waals surface area (Å²) in [6.45, 7) is 0.319. The van der Waals surface area contributed by atoms with Crippen LogP contribution in [-0.4, -0.2) is 11.0 Å². The molecule has 7 heteroatoms. The molecule has 0 bridgehead atoms. The lowest BCUT2D eigenvalue weighted by molar-refractivity contribution is 0.242. The monoisotopic (exact) mass is 361 g/mol. The average Bonchev–Trinajstić information content (AvgIpc) is 2.72. The second kappa shape index (κ2) is 8.45. The molecule has 0 aliphatic rings. The van der Waals surface area contributed by atoms with Crippen molar-refractivity contribution in [1.29, 1.82) is 5.26 Å². The van der Waals surface area contributed by atoms with Crippen LogP contribution in [0.4, 0.5) is 14.9 Å². The van der Waals surface area contributed by atoms with Crippen LogP contribution in [0.1, 0.15) is 11.1 Å². The molecule has 27 heavy (non-hydrogen) atoms. The summed E-state index contributed by atoms with van der Waals surface area (Å²) in [5, 5.41) is 11.4. The molecule has 3 N–H and O–H groups in total. The third-order valence-electron chi connectivity index (χ3n) is 3.83. The first-order valence-corrected chi connectivity index (χ1v) is 8.14. The zero-order valence-corrected chi connectivity index (χ0v) is 14.2. The van der Waals surface area contributed by atoms with E-state index in [4.69, 9.17) is 5.26 Å². The van der Waals surface area contributed by atoms with Gasteiger partial charge in [0, 0.05) is 18.9 Å². The van der Waals surface area contributed by atoms with Gasteiger partial charge in [0.15, 0.2) is 0 Å². The first-order valence-electron chi connectivity index (χ1n) is 8.14. The fraction of sp³-hybridized carbons (Fsp3) is 0.0500. The zero-order valence-electron chi connectivity index (χ0n) is 14.2. The minimum Gasteiger partial charge on any atom is -0.333 e. The van der Waals surface area contributed by atoms with Crippen LogP contribution in [0.15, 0.2) is 67.0 Å². The van der Waals surface area contributed by atoms with E-state index in [0.29, 0.717) is 6.54 Å². The summed E-state index contributed by atoms with van der Waals surface area (Å²) in [5.41, 5.74) is 8.16. The Morgan fingerprint density at radius 2 is 1.74 bits per heavy atom. The number of hydrogen-bond donors (Lipinski definition) is 3. The number of anilines is 1. The molecular weight excluding hydrogens is 345 g/mol. The average molecular weight is 361 g/mol. The van der Waals surface area contributed by atoms with Crippen molar-refractivity contribution in [3.63, 3.8) is 0 Å². The number of pyridine rings is 1. The smallest absolute Gasteiger partial charge is 0.333 e. The summed E-state index contributed by atoms with van der Waals surface area (Å²) < 4.78 is 13.7. The van der Waals surface area contributed by atoms with E-state index in [1.54, 1.807) is 12.4 Å². The number of amides is 2. The second-order valence-electron chi connectivity index (χ2n) is 5.67. The number of hydrazine groups is 1. The van der Waals surface area contributed by atoms with Crippen molar-refractivity contribution in [3.05, 3.63) is 83.9 Å². The standard InChI is InChI=1S/C20H16FN5O/c21-18-11-15(12-22)3-6-19(18)25-26-20(27)24-13-14-1-4-16(5-2-14)17-7-9-23-10-8-17/h1-11,25H,13H2,(H2,24,26,27). The molecule has 0 spiro atoms. The molecule has 3 aromatic rings. The Bertz CT molecular complexity index is 968. The number of hydrogen-bond acceptors (Lipinski definition) is 4. The molecule has 0 unspecified atom stereocenters. The maximum Gasteiger partial charge on any atom is 0.333 e. The third kappa shape index (κ3) is 4.80. The SMILES string of the molecule is N#Cc1ccc(NNC(=O)NCc2ccc(-c3ccncc3)cc2)c(F)c1. The number of nitriles is 1. The number of benzene rings is 2. The van der Waals surface area contributed by atoms with E-state index < -0.39 is 11.8 Å². The molecule has 2 amide bonds. The van der Waals surface area contributed by atoms with Crippen LogP contribution in [0, 0.1) is 17.1 Å². The molecule has 0 atom stereocenters. The minimum atomic E-state index is -0.624. The topological polar surface area (TPSA) is 89.8 Å². The number of rotatable bonds is 5. The fourth-order valence-corrected chi connectivity index (χ4v) is 2.40. The molecule has 134 valence electrons. The number of nitrogens with one attached hydrogen (secondary N) is 3. The molecule has 6 nitrogen and oxygen atoms in total. The number of halogens is 1. The highest BCUT2D eigenvalue weighted by Gasteiger charge is 2.05. The van der Waals surface area contributed by atoms with Gasteiger partial charge in [-0.25, -0.2) is 9.18 Å². The number of urea groups is 1. The van der Waals surface area contributed by atoms with Gasteiger partial charge in [0.25, 0.3) is 0 Å². The number of carbonyl (C=O) groups excluding carboxylic acids is 1. The molecule has 3 rings (SSSR count). The van der Waals surface area contributed by atoms with E-state index in [2.05, 4.69) is 21.2 Å². The fourth-order valence-electron chi connectivity index (χ4n) is 2.40. The van der Waals surface area contributed by atoms with Crippen LogP contribution in [0.5, 0.6) is 0 Å². The lowest BCUT2D eigenvalue weighted by atomic mass is 10.1. The van der Waals surface area contributed by atoms with Gasteiger partial charge in [0.2, 0.25) is 0 Å². The summed E-state index contributed by atoms with van der Waals surface area (Å²) in [4.78, 5) is 15.8. The molecule has 0 saturated carbocycles. The largest absolute Gasteiger partial charge is 0.333 e. The molecule has 1 aromatic heterocycles. The normalized spacial score (nSPS) is 9.93. The van der Waals surface area contributed by atoms with Gasteiger partial charge in [-0.3, -0.25) is 15.8 Å². The Balaban J connectivity index is 1.50. The van der Waals surface area contributed by atoms with Gasteiger partial charge in [-0.2, -0.15) is 5.26 Å². The van der Waals surface area contributed by atoms with Gasteiger partial charge < -0.3 is 5.32 Å². The van der Waals surface area contributed by atoms with Crippen LogP contribution < -0.4 is 16.2 Å². The Morgan fingerprint density at radius 3 is 2.41 bits per heavy atom. The molecule has 1 heterocycles. The van der Waals surface area contributed by atoms with E-state index in [-0.39, 0.29) is 11.3 Å². The number of nitrogens with zero attached hydrogens (tertiary/aromatic N) is 2. The van der Waals surface area contributed by atoms with Gasteiger partial charge in [0.05, 0.1) is 17.3 Å². The first-order chi connectivity index (χ1) is 13.2. The van der Waals surface area contributed by atoms with Gasteiger partial charge in [-0.1, -0.05) is 24.3 Å². The summed E-state index contributed by atoms with van der Waals surface area (Å²) in [7, 11) is 0. The highest BCUT2D eigenvalue weighted by molar-refractivity contribution is 5.75. The lowest BCUT2D eigenvalue weighted by Gasteiger charge is -2.11. The van der Waals surface area contributed by atoms with E-state index in [1.807, 2.05) is 42.5 Å². The molecule has 0 fully saturated rings. The molecule has 0 saturated heterocycles. The quantitative estimate of drug-likeness (QED) is 0.606. The highest BCUT2D eigenvalue weighted by atomic mass is 19.1. The summed E-state index contributed by atoms with van der Waals surface area (Å²) in [6, 6.07) is 16.9. The Kier molecular flexibility index (Phi) is 5.60. The van der Waals surface area contributed by atoms with Crippen LogP contribution in [0.3, 0.4) is 0 Å². The maximum absolute atomic E-state index is 13.7. The van der Waals surface area contributed by atoms with Crippen molar-refractivity contribution >= 4 is 11.7 Å². The van der Waals surface area contributed by atoms with Crippen molar-refractivity contribution in [2.75, 3.05) is 5.43 Å². The van der Waals surface area contributed by atoms with Gasteiger partial charge >= 0.3 is 6.03 Å². The summed E-state index contributed by atoms with van der Waals surface area (Å²) >= 11 is 0. The third-order valence-corrected chi connectivity index (χ3v) is 3.83. The van der Waals surface area contributed by atoms with Crippen LogP contribution in [0.25, 0.3) is 11.1 Å². The number of aromatic nitrogens is 1. The van der Waals surface area contributed by atoms with Crippen molar-refractivity contribution < 1.29 is 9.18 Å². The second-order valence-corrected chi connectivity index (χ2v) is 5.67. The summed E-state index contributed by atoms with van der Waals surface area (Å²) in [5.74, 6) is -0.624. The minimum absolute atomic E-state index is 0.0749. The van der Waals surface area contributed by atoms with Crippen molar-refractivity contribution in [3.8, 4) is 17.2 Å². The Hall–Kier alpha value is -3.92. The molecule has 0 aliphatic heterocycles. The predicted molar refractivity (Wildman–Crippen MR) is 99.8 cm³/mol. The molecular formula is C20H16FN5O. The maximum atomic E-state index is 13.7. The van der Waals surface area contributed by atoms with Crippen LogP contribution >= 0.6 is 0 Å². The van der Waals surface area contributed by atoms with Gasteiger partial charge in [0.1, 0.15) is 5.82 Å². The Labute approximate surface area is 155 Å². The van der Waals surface area contributed by atoms with Crippen LogP contribution in [0.2, 0.25) is 0 Å². The van der Waals surface area contributed by atoms with Crippen molar-refractivity contribution in [1.82, 2.24) is 15.7 Å². The molecule has 0 radical (unpaired) electrons. The van der Waals surface area contributed by atoms with Crippen LogP contribution in [-0.2, 0) is 6.54 Å². The molecule has 0 aliphatic carbocycles. The molecule has 2 aromatic carbocycles. The van der Waals surface area contributed by atoms with Crippen molar-refractivity contribution in [2.24, 2.45) is 0 Å². The Morgan fingerprint density at radius 1 is 1.04 bits per heavy atom. The predicted octanol–water partition coefficient (Wildman–Crippen LogP) is 3.59. The van der Waals surface area contributed by atoms with Gasteiger partial charge in [-0.05, 0) is 47.0 Å². The number of carbonyl (C=O) groups is 1. The lowest BCUT2D eigenvalue weighted by Crippen LogP contribution is -2.38. The van der Waals surface area contributed by atoms with E-state index in [9.17, 15) is 9.18 Å². The van der Waals surface area contributed by atoms with Gasteiger partial charge in [-0.15, -0.1) is 0 Å².